The van der Waals surface area contributed by atoms with Gasteiger partial charge in [0.05, 0.1) is 33.3 Å². The van der Waals surface area contributed by atoms with E-state index >= 15 is 0 Å². The molecule has 322 valence electrons. The van der Waals surface area contributed by atoms with Crippen molar-refractivity contribution < 1.29 is 4.42 Å². The van der Waals surface area contributed by atoms with Gasteiger partial charge in [-0.3, -0.25) is 0 Å². The lowest BCUT2D eigenvalue weighted by Gasteiger charge is -2.25. The number of benzene rings is 11. The van der Waals surface area contributed by atoms with E-state index in [1.54, 1.807) is 0 Å². The molecule has 0 radical (unpaired) electrons. The molecule has 0 bridgehead atoms. The summed E-state index contributed by atoms with van der Waals surface area (Å²) in [6.45, 7) is 0. The Morgan fingerprint density at radius 1 is 0.406 bits per heavy atom. The number of nitrogens with one attached hydrogen (secondary N) is 1. The van der Waals surface area contributed by atoms with Gasteiger partial charge >= 0.3 is 0 Å². The summed E-state index contributed by atoms with van der Waals surface area (Å²) < 4.78 is 11.8. The normalized spacial score (nSPS) is 14.2. The minimum Gasteiger partial charge on any atom is -0.455 e. The molecular weight excluding hydrogens is 843 g/mol. The van der Waals surface area contributed by atoms with Crippen molar-refractivity contribution in [2.24, 2.45) is 9.98 Å². The number of hydrogen-bond donors (Lipinski definition) is 1. The second-order valence-electron chi connectivity index (χ2n) is 18.2. The minimum absolute atomic E-state index is 0.475. The maximum Gasteiger partial charge on any atom is 0.159 e. The first kappa shape index (κ1) is 37.9. The number of para-hydroxylation sites is 3. The van der Waals surface area contributed by atoms with E-state index in [4.69, 9.17) is 14.4 Å². The molecule has 0 spiro atoms. The number of aliphatic imine (C=N–C) groups is 2. The summed E-state index contributed by atoms with van der Waals surface area (Å²) in [6, 6.07) is 80.5. The first-order valence-electron chi connectivity index (χ1n) is 23.5. The zero-order valence-electron chi connectivity index (χ0n) is 37.1. The van der Waals surface area contributed by atoms with Gasteiger partial charge < -0.3 is 18.9 Å². The molecule has 15 rings (SSSR count). The Balaban J connectivity index is 1.03. The molecule has 0 fully saturated rings. The monoisotopic (exact) mass is 881 g/mol. The molecule has 6 nitrogen and oxygen atoms in total. The van der Waals surface area contributed by atoms with Crippen molar-refractivity contribution in [2.45, 2.75) is 6.17 Å². The van der Waals surface area contributed by atoms with Crippen LogP contribution in [0.2, 0.25) is 0 Å². The van der Waals surface area contributed by atoms with E-state index in [0.29, 0.717) is 11.7 Å². The first-order valence-corrected chi connectivity index (χ1v) is 23.5. The summed E-state index contributed by atoms with van der Waals surface area (Å²) in [6.07, 6.45) is -0.475. The molecule has 0 saturated carbocycles. The number of rotatable bonds is 5. The van der Waals surface area contributed by atoms with E-state index < -0.39 is 6.17 Å². The van der Waals surface area contributed by atoms with E-state index in [9.17, 15) is 0 Å². The third-order valence-electron chi connectivity index (χ3n) is 14.3. The molecule has 1 unspecified atom stereocenters. The van der Waals surface area contributed by atoms with Crippen molar-refractivity contribution >= 4 is 110 Å². The first-order chi connectivity index (χ1) is 34.2. The second kappa shape index (κ2) is 14.6. The third-order valence-corrected chi connectivity index (χ3v) is 14.3. The molecule has 4 heterocycles. The fourth-order valence-corrected chi connectivity index (χ4v) is 11.1. The Kier molecular flexibility index (Phi) is 8.03. The average Bonchev–Trinajstić information content (AvgIpc) is 4.06. The van der Waals surface area contributed by atoms with Gasteiger partial charge in [-0.25, -0.2) is 9.98 Å². The smallest absolute Gasteiger partial charge is 0.159 e. The highest BCUT2D eigenvalue weighted by Crippen LogP contribution is 2.42. The number of amidine groups is 2. The van der Waals surface area contributed by atoms with Crippen LogP contribution in [0.5, 0.6) is 0 Å². The minimum atomic E-state index is -0.475. The maximum absolute atomic E-state index is 7.05. The maximum atomic E-state index is 7.05. The quantitative estimate of drug-likeness (QED) is 0.187. The molecule has 1 N–H and O–H groups in total. The lowest BCUT2D eigenvalue weighted by Crippen LogP contribution is -2.34. The molecule has 11 aromatic carbocycles. The Bertz CT molecular complexity index is 4440. The van der Waals surface area contributed by atoms with Crippen molar-refractivity contribution in [1.82, 2.24) is 14.5 Å². The lowest BCUT2D eigenvalue weighted by molar-refractivity contribution is 0.659. The molecule has 0 aliphatic carbocycles. The fraction of sp³-hybridized carbons (Fsp3) is 0.0159. The van der Waals surface area contributed by atoms with Crippen molar-refractivity contribution in [1.29, 1.82) is 0 Å². The molecule has 1 aliphatic heterocycles. The number of fused-ring (bicyclic) bond motifs is 12. The van der Waals surface area contributed by atoms with Crippen molar-refractivity contribution in [2.75, 3.05) is 0 Å². The largest absolute Gasteiger partial charge is 0.455 e. The van der Waals surface area contributed by atoms with Crippen molar-refractivity contribution in [3.63, 3.8) is 0 Å². The highest BCUT2D eigenvalue weighted by atomic mass is 16.3. The summed E-state index contributed by atoms with van der Waals surface area (Å²) in [5.74, 6) is 1.32. The average molecular weight is 882 g/mol. The molecule has 0 amide bonds. The highest BCUT2D eigenvalue weighted by Gasteiger charge is 2.29. The highest BCUT2D eigenvalue weighted by molar-refractivity contribution is 6.24. The van der Waals surface area contributed by atoms with E-state index in [-0.39, 0.29) is 0 Å². The number of hydrogen-bond acceptors (Lipinski definition) is 4. The fourth-order valence-electron chi connectivity index (χ4n) is 11.1. The second-order valence-corrected chi connectivity index (χ2v) is 18.2. The van der Waals surface area contributed by atoms with Crippen LogP contribution in [0, 0.1) is 0 Å². The standard InChI is InChI=1S/C63H39N5O/c1-2-20-46(21-3-1)67-53-24-12-10-22-47(53)50-35-45(28-30-54(50)67)62-64-61(44-27-26-38-14-4-5-15-39(38)32-44)65-63(66-62)59-55(31-29-49-48-23-11-13-25-58(48)69-60(49)59)68-56-36-42-18-8-6-16-40(42)33-51(56)52-34-41-17-7-9-19-43(41)37-57(52)68/h1-37,61H,(H,64,65,66). The number of furan rings is 1. The molecule has 69 heavy (non-hydrogen) atoms. The van der Waals surface area contributed by atoms with Crippen LogP contribution in [0.4, 0.5) is 0 Å². The molecular formula is C63H39N5O. The molecule has 14 aromatic rings. The summed E-state index contributed by atoms with van der Waals surface area (Å²) >= 11 is 0. The summed E-state index contributed by atoms with van der Waals surface area (Å²) in [4.78, 5) is 11.2. The van der Waals surface area contributed by atoms with Gasteiger partial charge in [-0.15, -0.1) is 0 Å². The Morgan fingerprint density at radius 2 is 1.00 bits per heavy atom. The van der Waals surface area contributed by atoms with Crippen LogP contribution in [0.1, 0.15) is 22.9 Å². The zero-order valence-corrected chi connectivity index (χ0v) is 37.1. The van der Waals surface area contributed by atoms with Gasteiger partial charge in [0.1, 0.15) is 23.2 Å². The summed E-state index contributed by atoms with van der Waals surface area (Å²) in [5.41, 5.74) is 11.0. The van der Waals surface area contributed by atoms with E-state index in [2.05, 4.69) is 233 Å². The topological polar surface area (TPSA) is 59.8 Å². The Morgan fingerprint density at radius 3 is 1.74 bits per heavy atom. The molecule has 1 atom stereocenters. The molecule has 6 heteroatoms. The summed E-state index contributed by atoms with van der Waals surface area (Å²) in [5, 5.41) is 17.7. The summed E-state index contributed by atoms with van der Waals surface area (Å²) in [7, 11) is 0. The predicted octanol–water partition coefficient (Wildman–Crippen LogP) is 15.7. The van der Waals surface area contributed by atoms with Crippen molar-refractivity contribution in [3.8, 4) is 11.4 Å². The Labute approximate surface area is 395 Å². The van der Waals surface area contributed by atoms with Gasteiger partial charge in [-0.05, 0) is 123 Å². The van der Waals surface area contributed by atoms with Crippen LogP contribution in [0.3, 0.4) is 0 Å². The van der Waals surface area contributed by atoms with Crippen LogP contribution < -0.4 is 5.32 Å². The van der Waals surface area contributed by atoms with Gasteiger partial charge in [-0.1, -0.05) is 140 Å². The van der Waals surface area contributed by atoms with Gasteiger partial charge in [0.2, 0.25) is 0 Å². The van der Waals surface area contributed by atoms with Gasteiger partial charge in [0, 0.05) is 43.6 Å². The van der Waals surface area contributed by atoms with Gasteiger partial charge in [0.15, 0.2) is 5.84 Å². The number of nitrogens with zero attached hydrogens (tertiary/aromatic N) is 4. The SMILES string of the molecule is c1ccc(-n2c3ccccc3c3cc(C4=NC(c5ccc6ccccc6c5)NC(c5c(-n6c7cc8ccccc8cc7c7cc8ccccc8cc76)ccc6c5oc5ccccc56)=N4)ccc32)cc1. The van der Waals surface area contributed by atoms with Crippen LogP contribution >= 0.6 is 0 Å². The van der Waals surface area contributed by atoms with E-state index in [0.717, 1.165) is 82.8 Å². The molecule has 0 saturated heterocycles. The van der Waals surface area contributed by atoms with Crippen LogP contribution in [-0.2, 0) is 0 Å². The zero-order chi connectivity index (χ0) is 45.2. The third kappa shape index (κ3) is 5.79. The van der Waals surface area contributed by atoms with Crippen LogP contribution in [-0.4, -0.2) is 20.8 Å². The lowest BCUT2D eigenvalue weighted by atomic mass is 10.0. The van der Waals surface area contributed by atoms with E-state index in [1.165, 1.54) is 43.1 Å². The molecule has 1 aliphatic rings. The van der Waals surface area contributed by atoms with Gasteiger partial charge in [0.25, 0.3) is 0 Å². The predicted molar refractivity (Wildman–Crippen MR) is 287 cm³/mol. The molecule has 3 aromatic heterocycles. The Hall–Kier alpha value is -9.26. The van der Waals surface area contributed by atoms with E-state index in [1.807, 2.05) is 6.07 Å². The van der Waals surface area contributed by atoms with Gasteiger partial charge in [-0.2, -0.15) is 0 Å². The number of aromatic nitrogens is 2. The van der Waals surface area contributed by atoms with Crippen LogP contribution in [0.25, 0.3) is 109 Å². The van der Waals surface area contributed by atoms with Crippen LogP contribution in [0.15, 0.2) is 239 Å². The van der Waals surface area contributed by atoms with Crippen molar-refractivity contribution in [3.05, 3.63) is 241 Å².